The standard InChI is InChI=1S/C24H22ClFN6O2S/c1-16-5-7-18(8-6-16)35(33,34)32-20-4-2-3-19(25)21(20)22(29-32)31-12-11-30(15-24(31)9-10-24)23-27-13-17(26)14-28-23/h2-8,13-14H,9-12,15H2,1H3. The molecule has 1 saturated heterocycles. The Labute approximate surface area is 207 Å². The molecule has 0 atom stereocenters. The summed E-state index contributed by atoms with van der Waals surface area (Å²) in [6.07, 6.45) is 4.15. The number of aromatic nitrogens is 4. The Balaban J connectivity index is 1.43. The zero-order valence-electron chi connectivity index (χ0n) is 18.9. The molecule has 8 nitrogen and oxygen atoms in total. The zero-order chi connectivity index (χ0) is 24.4. The molecule has 4 aromatic rings. The molecule has 35 heavy (non-hydrogen) atoms. The predicted octanol–water partition coefficient (Wildman–Crippen LogP) is 4.02. The molecule has 2 aromatic heterocycles. The summed E-state index contributed by atoms with van der Waals surface area (Å²) in [4.78, 5) is 12.6. The molecule has 11 heteroatoms. The Bertz CT molecular complexity index is 1540. The summed E-state index contributed by atoms with van der Waals surface area (Å²) in [5.74, 6) is 0.557. The Kier molecular flexibility index (Phi) is 5.01. The SMILES string of the molecule is Cc1ccc(S(=O)(=O)n2nc(N3CCN(c4ncc(F)cn4)CC34CC4)c3c(Cl)cccc32)cc1. The molecule has 2 aliphatic rings. The average molecular weight is 513 g/mol. The monoisotopic (exact) mass is 512 g/mol. The van der Waals surface area contributed by atoms with E-state index in [0.29, 0.717) is 47.3 Å². The number of aryl methyl sites for hydroxylation is 1. The van der Waals surface area contributed by atoms with Gasteiger partial charge < -0.3 is 9.80 Å². The number of anilines is 2. The lowest BCUT2D eigenvalue weighted by Crippen LogP contribution is -2.56. The zero-order valence-corrected chi connectivity index (χ0v) is 20.5. The van der Waals surface area contributed by atoms with Crippen LogP contribution in [0.25, 0.3) is 10.9 Å². The summed E-state index contributed by atoms with van der Waals surface area (Å²) in [5.41, 5.74) is 1.17. The van der Waals surface area contributed by atoms with Crippen LogP contribution >= 0.6 is 11.6 Å². The summed E-state index contributed by atoms with van der Waals surface area (Å²) in [5, 5.41) is 5.72. The van der Waals surface area contributed by atoms with Crippen molar-refractivity contribution in [2.45, 2.75) is 30.2 Å². The highest BCUT2D eigenvalue weighted by atomic mass is 35.5. The normalized spacial score (nSPS) is 17.3. The third kappa shape index (κ3) is 3.63. The lowest BCUT2D eigenvalue weighted by atomic mass is 10.1. The lowest BCUT2D eigenvalue weighted by molar-refractivity contribution is 0.497. The molecule has 0 unspecified atom stereocenters. The highest BCUT2D eigenvalue weighted by molar-refractivity contribution is 7.90. The van der Waals surface area contributed by atoms with Crippen molar-refractivity contribution < 1.29 is 12.8 Å². The topological polar surface area (TPSA) is 84.2 Å². The van der Waals surface area contributed by atoms with Crippen molar-refractivity contribution in [2.24, 2.45) is 0 Å². The van der Waals surface area contributed by atoms with Gasteiger partial charge in [0.15, 0.2) is 11.6 Å². The van der Waals surface area contributed by atoms with Crippen LogP contribution in [0.3, 0.4) is 0 Å². The predicted molar refractivity (Wildman–Crippen MR) is 132 cm³/mol. The van der Waals surface area contributed by atoms with Crippen molar-refractivity contribution in [3.05, 3.63) is 71.3 Å². The van der Waals surface area contributed by atoms with E-state index < -0.39 is 15.8 Å². The molecule has 180 valence electrons. The molecule has 0 amide bonds. The summed E-state index contributed by atoms with van der Waals surface area (Å²) in [6, 6.07) is 11.9. The number of halogens is 2. The van der Waals surface area contributed by atoms with Crippen molar-refractivity contribution in [3.63, 3.8) is 0 Å². The van der Waals surface area contributed by atoms with Gasteiger partial charge in [0.2, 0.25) is 5.95 Å². The molecule has 1 aliphatic carbocycles. The van der Waals surface area contributed by atoms with Crippen molar-refractivity contribution in [3.8, 4) is 0 Å². The van der Waals surface area contributed by atoms with E-state index in [4.69, 9.17) is 11.6 Å². The summed E-state index contributed by atoms with van der Waals surface area (Å²) >= 11 is 6.62. The molecule has 2 fully saturated rings. The number of nitrogens with zero attached hydrogens (tertiary/aromatic N) is 6. The van der Waals surface area contributed by atoms with Crippen LogP contribution in [0.4, 0.5) is 16.2 Å². The largest absolute Gasteiger partial charge is 0.345 e. The van der Waals surface area contributed by atoms with E-state index in [-0.39, 0.29) is 10.4 Å². The molecular weight excluding hydrogens is 491 g/mol. The number of hydrogen-bond donors (Lipinski definition) is 0. The van der Waals surface area contributed by atoms with Gasteiger partial charge in [-0.25, -0.2) is 14.4 Å². The Hall–Kier alpha value is -3.24. The number of hydrogen-bond acceptors (Lipinski definition) is 7. The number of rotatable bonds is 4. The van der Waals surface area contributed by atoms with Gasteiger partial charge in [0.25, 0.3) is 10.0 Å². The van der Waals surface area contributed by atoms with Gasteiger partial charge >= 0.3 is 0 Å². The van der Waals surface area contributed by atoms with Gasteiger partial charge in [-0.1, -0.05) is 35.4 Å². The fourth-order valence-electron chi connectivity index (χ4n) is 4.79. The van der Waals surface area contributed by atoms with Crippen LogP contribution in [-0.2, 0) is 10.0 Å². The van der Waals surface area contributed by atoms with Gasteiger partial charge in [-0.2, -0.15) is 12.5 Å². The minimum Gasteiger partial charge on any atom is -0.345 e. The van der Waals surface area contributed by atoms with Crippen LogP contribution in [0.5, 0.6) is 0 Å². The van der Waals surface area contributed by atoms with Crippen molar-refractivity contribution in [1.82, 2.24) is 19.2 Å². The molecular formula is C24H22ClFN6O2S. The Morgan fingerprint density at radius 2 is 1.74 bits per heavy atom. The van der Waals surface area contributed by atoms with E-state index in [1.165, 1.54) is 12.4 Å². The maximum atomic E-state index is 13.6. The first-order chi connectivity index (χ1) is 16.8. The molecule has 1 aliphatic heterocycles. The second-order valence-electron chi connectivity index (χ2n) is 9.12. The molecule has 1 saturated carbocycles. The minimum atomic E-state index is -3.94. The van der Waals surface area contributed by atoms with E-state index in [2.05, 4.69) is 20.0 Å². The number of fused-ring (bicyclic) bond motifs is 1. The van der Waals surface area contributed by atoms with E-state index >= 15 is 0 Å². The molecule has 2 aromatic carbocycles. The second kappa shape index (κ2) is 7.89. The summed E-state index contributed by atoms with van der Waals surface area (Å²) in [7, 11) is -3.94. The molecule has 6 rings (SSSR count). The quantitative estimate of drug-likeness (QED) is 0.408. The molecule has 1 spiro atoms. The molecule has 0 N–H and O–H groups in total. The van der Waals surface area contributed by atoms with Crippen LogP contribution in [0.2, 0.25) is 5.02 Å². The van der Waals surface area contributed by atoms with Gasteiger partial charge in [-0.05, 0) is 44.0 Å². The number of benzene rings is 2. The van der Waals surface area contributed by atoms with Crippen LogP contribution in [0.1, 0.15) is 18.4 Å². The van der Waals surface area contributed by atoms with Gasteiger partial charge in [-0.3, -0.25) is 0 Å². The van der Waals surface area contributed by atoms with Crippen LogP contribution in [-0.4, -0.2) is 52.7 Å². The fraction of sp³-hybridized carbons (Fsp3) is 0.292. The van der Waals surface area contributed by atoms with Crippen LogP contribution < -0.4 is 9.80 Å². The van der Waals surface area contributed by atoms with E-state index in [1.807, 2.05) is 11.8 Å². The lowest BCUT2D eigenvalue weighted by Gasteiger charge is -2.42. The van der Waals surface area contributed by atoms with E-state index in [1.54, 1.807) is 42.5 Å². The van der Waals surface area contributed by atoms with Gasteiger partial charge in [0.05, 0.1) is 38.8 Å². The fourth-order valence-corrected chi connectivity index (χ4v) is 6.32. The van der Waals surface area contributed by atoms with Crippen LogP contribution in [0.15, 0.2) is 59.8 Å². The van der Waals surface area contributed by atoms with E-state index in [0.717, 1.165) is 22.5 Å². The molecule has 3 heterocycles. The molecule has 0 radical (unpaired) electrons. The van der Waals surface area contributed by atoms with Gasteiger partial charge in [0, 0.05) is 19.6 Å². The van der Waals surface area contributed by atoms with Crippen molar-refractivity contribution >= 4 is 44.3 Å². The Morgan fingerprint density at radius 1 is 1.03 bits per heavy atom. The summed E-state index contributed by atoms with van der Waals surface area (Å²) in [6.45, 7) is 3.69. The third-order valence-electron chi connectivity index (χ3n) is 6.78. The highest BCUT2D eigenvalue weighted by Gasteiger charge is 2.53. The van der Waals surface area contributed by atoms with E-state index in [9.17, 15) is 12.8 Å². The van der Waals surface area contributed by atoms with Gasteiger partial charge in [-0.15, -0.1) is 5.10 Å². The smallest absolute Gasteiger partial charge is 0.283 e. The first-order valence-corrected chi connectivity index (χ1v) is 13.1. The Morgan fingerprint density at radius 3 is 2.43 bits per heavy atom. The third-order valence-corrected chi connectivity index (χ3v) is 8.69. The first kappa shape index (κ1) is 22.2. The van der Waals surface area contributed by atoms with Crippen molar-refractivity contribution in [1.29, 1.82) is 0 Å². The highest BCUT2D eigenvalue weighted by Crippen LogP contribution is 2.49. The minimum absolute atomic E-state index is 0.165. The van der Waals surface area contributed by atoms with Crippen LogP contribution in [0, 0.1) is 12.7 Å². The van der Waals surface area contributed by atoms with Crippen molar-refractivity contribution in [2.75, 3.05) is 29.4 Å². The molecule has 0 bridgehead atoms. The first-order valence-electron chi connectivity index (χ1n) is 11.3. The summed E-state index contributed by atoms with van der Waals surface area (Å²) < 4.78 is 41.6. The maximum Gasteiger partial charge on any atom is 0.283 e. The van der Waals surface area contributed by atoms with Gasteiger partial charge in [0.1, 0.15) is 0 Å². The second-order valence-corrected chi connectivity index (χ2v) is 11.3. The maximum absolute atomic E-state index is 13.6. The average Bonchev–Trinajstić information content (AvgIpc) is 3.48. The number of piperazine rings is 1.